The zero-order valence-corrected chi connectivity index (χ0v) is 15.1. The number of pyridine rings is 1. The third-order valence-corrected chi connectivity index (χ3v) is 3.64. The Hall–Kier alpha value is -2.22. The summed E-state index contributed by atoms with van der Waals surface area (Å²) in [5.41, 5.74) is -2.06. The maximum Gasteiger partial charge on any atom is 0.422 e. The maximum absolute atomic E-state index is 13.8. The van der Waals surface area contributed by atoms with E-state index in [1.165, 1.54) is 12.1 Å². The Morgan fingerprint density at radius 3 is 2.38 bits per heavy atom. The van der Waals surface area contributed by atoms with E-state index in [0.717, 1.165) is 13.2 Å². The average molecular weight is 400 g/mol. The van der Waals surface area contributed by atoms with Crippen molar-refractivity contribution in [3.05, 3.63) is 44.5 Å². The second-order valence-electron chi connectivity index (χ2n) is 6.00. The molecule has 0 aliphatic carbocycles. The molecule has 1 aromatic carbocycles. The van der Waals surface area contributed by atoms with Crippen molar-refractivity contribution in [2.24, 2.45) is 0 Å². The molecule has 0 bridgehead atoms. The third-order valence-electron chi connectivity index (χ3n) is 3.03. The van der Waals surface area contributed by atoms with Crippen LogP contribution in [0.1, 0.15) is 31.3 Å². The predicted molar refractivity (Wildman–Crippen MR) is 88.8 cm³/mol. The smallest absolute Gasteiger partial charge is 0.422 e. The van der Waals surface area contributed by atoms with Crippen LogP contribution in [0.2, 0.25) is 0 Å². The summed E-state index contributed by atoms with van der Waals surface area (Å²) < 4.78 is 24.2. The first-order valence-electron chi connectivity index (χ1n) is 6.91. The molecule has 0 N–H and O–H groups in total. The van der Waals surface area contributed by atoms with Crippen molar-refractivity contribution >= 4 is 38.8 Å². The lowest BCUT2D eigenvalue weighted by Crippen LogP contribution is -2.37. The van der Waals surface area contributed by atoms with Crippen molar-refractivity contribution in [3.8, 4) is 0 Å². The van der Waals surface area contributed by atoms with Crippen LogP contribution in [0.5, 0.6) is 0 Å². The molecule has 0 saturated carbocycles. The van der Waals surface area contributed by atoms with Crippen molar-refractivity contribution in [1.29, 1.82) is 0 Å². The van der Waals surface area contributed by atoms with E-state index in [4.69, 9.17) is 4.74 Å². The number of hydrogen-bond acceptors (Lipinski definition) is 5. The molecule has 24 heavy (non-hydrogen) atoms. The minimum absolute atomic E-state index is 0.0609. The number of halogens is 2. The van der Waals surface area contributed by atoms with Gasteiger partial charge in [-0.05, 0) is 60.3 Å². The minimum atomic E-state index is -1.04. The van der Waals surface area contributed by atoms with Gasteiger partial charge in [-0.1, -0.05) is 0 Å². The van der Waals surface area contributed by atoms with E-state index < -0.39 is 29.0 Å². The molecule has 2 rings (SSSR count). The SMILES string of the molecule is COC(=O)c1cc2cc(Br)c(F)cc2c(=O)n1C(=O)OC(C)(C)C. The molecule has 0 saturated heterocycles. The van der Waals surface area contributed by atoms with Gasteiger partial charge >= 0.3 is 12.1 Å². The molecule has 128 valence electrons. The van der Waals surface area contributed by atoms with Crippen LogP contribution in [0.15, 0.2) is 27.5 Å². The average Bonchev–Trinajstić information content (AvgIpc) is 2.46. The van der Waals surface area contributed by atoms with Crippen LogP contribution in [-0.4, -0.2) is 29.3 Å². The molecular formula is C16H15BrFNO5. The number of rotatable bonds is 1. The maximum atomic E-state index is 13.8. The molecule has 1 heterocycles. The normalized spacial score (nSPS) is 11.4. The number of aromatic nitrogens is 1. The summed E-state index contributed by atoms with van der Waals surface area (Å²) in [6.07, 6.45) is -1.04. The highest BCUT2D eigenvalue weighted by Crippen LogP contribution is 2.23. The lowest BCUT2D eigenvalue weighted by molar-refractivity contribution is 0.0476. The number of methoxy groups -OCH3 is 1. The highest BCUT2D eigenvalue weighted by atomic mass is 79.9. The first kappa shape index (κ1) is 18.1. The van der Waals surface area contributed by atoms with E-state index in [0.29, 0.717) is 4.57 Å². The van der Waals surface area contributed by atoms with Crippen LogP contribution in [0.25, 0.3) is 10.8 Å². The number of benzene rings is 1. The number of carbonyl (C=O) groups excluding carboxylic acids is 2. The van der Waals surface area contributed by atoms with Crippen LogP contribution >= 0.6 is 15.9 Å². The second-order valence-corrected chi connectivity index (χ2v) is 6.85. The summed E-state index contributed by atoms with van der Waals surface area (Å²) in [6.45, 7) is 4.85. The molecule has 0 fully saturated rings. The third kappa shape index (κ3) is 3.48. The predicted octanol–water partition coefficient (Wildman–Crippen LogP) is 3.47. The van der Waals surface area contributed by atoms with Crippen LogP contribution in [0.4, 0.5) is 9.18 Å². The number of fused-ring (bicyclic) bond motifs is 1. The van der Waals surface area contributed by atoms with Gasteiger partial charge in [0.2, 0.25) is 0 Å². The molecule has 0 unspecified atom stereocenters. The first-order chi connectivity index (χ1) is 11.0. The Balaban J connectivity index is 2.82. The van der Waals surface area contributed by atoms with Gasteiger partial charge in [0.25, 0.3) is 5.56 Å². The Kier molecular flexibility index (Phi) is 4.80. The molecule has 0 radical (unpaired) electrons. The van der Waals surface area contributed by atoms with Crippen molar-refractivity contribution < 1.29 is 23.5 Å². The fourth-order valence-electron chi connectivity index (χ4n) is 2.05. The molecule has 0 atom stereocenters. The van der Waals surface area contributed by atoms with Crippen molar-refractivity contribution in [2.45, 2.75) is 26.4 Å². The lowest BCUT2D eigenvalue weighted by atomic mass is 10.1. The highest BCUT2D eigenvalue weighted by Gasteiger charge is 2.26. The van der Waals surface area contributed by atoms with E-state index in [9.17, 15) is 18.8 Å². The molecule has 2 aromatic rings. The molecule has 8 heteroatoms. The quantitative estimate of drug-likeness (QED) is 0.686. The summed E-state index contributed by atoms with van der Waals surface area (Å²) in [7, 11) is 1.12. The van der Waals surface area contributed by atoms with E-state index >= 15 is 0 Å². The Morgan fingerprint density at radius 2 is 1.83 bits per heavy atom. The zero-order valence-electron chi connectivity index (χ0n) is 13.5. The van der Waals surface area contributed by atoms with Crippen molar-refractivity contribution in [3.63, 3.8) is 0 Å². The number of hydrogen-bond donors (Lipinski definition) is 0. The van der Waals surface area contributed by atoms with Gasteiger partial charge in [-0.2, -0.15) is 0 Å². The largest absolute Gasteiger partial charge is 0.464 e. The van der Waals surface area contributed by atoms with Gasteiger partial charge in [0.15, 0.2) is 0 Å². The van der Waals surface area contributed by atoms with Crippen LogP contribution in [-0.2, 0) is 9.47 Å². The highest BCUT2D eigenvalue weighted by molar-refractivity contribution is 9.10. The van der Waals surface area contributed by atoms with Gasteiger partial charge in [0.1, 0.15) is 17.1 Å². The lowest BCUT2D eigenvalue weighted by Gasteiger charge is -2.21. The van der Waals surface area contributed by atoms with Crippen LogP contribution < -0.4 is 5.56 Å². The molecule has 6 nitrogen and oxygen atoms in total. The Morgan fingerprint density at radius 1 is 1.21 bits per heavy atom. The van der Waals surface area contributed by atoms with Gasteiger partial charge < -0.3 is 9.47 Å². The topological polar surface area (TPSA) is 74.6 Å². The van der Waals surface area contributed by atoms with E-state index in [1.807, 2.05) is 0 Å². The number of nitrogens with zero attached hydrogens (tertiary/aromatic N) is 1. The van der Waals surface area contributed by atoms with Gasteiger partial charge in [-0.25, -0.2) is 18.5 Å². The summed E-state index contributed by atoms with van der Waals surface area (Å²) in [6, 6.07) is 3.61. The van der Waals surface area contributed by atoms with Crippen LogP contribution in [0.3, 0.4) is 0 Å². The van der Waals surface area contributed by atoms with Gasteiger partial charge in [-0.3, -0.25) is 4.79 Å². The van der Waals surface area contributed by atoms with E-state index in [-0.39, 0.29) is 20.9 Å². The monoisotopic (exact) mass is 399 g/mol. The van der Waals surface area contributed by atoms with E-state index in [2.05, 4.69) is 20.7 Å². The van der Waals surface area contributed by atoms with E-state index in [1.54, 1.807) is 20.8 Å². The number of ether oxygens (including phenoxy) is 2. The molecule has 0 amide bonds. The summed E-state index contributed by atoms with van der Waals surface area (Å²) in [4.78, 5) is 37.0. The Labute approximate surface area is 145 Å². The minimum Gasteiger partial charge on any atom is -0.464 e. The number of carbonyl (C=O) groups is 2. The molecule has 1 aromatic heterocycles. The molecule has 0 aliphatic heterocycles. The molecule has 0 aliphatic rings. The van der Waals surface area contributed by atoms with Gasteiger partial charge in [0.05, 0.1) is 17.0 Å². The van der Waals surface area contributed by atoms with Crippen molar-refractivity contribution in [1.82, 2.24) is 4.57 Å². The summed E-state index contributed by atoms with van der Waals surface area (Å²) >= 11 is 3.02. The fraction of sp³-hybridized carbons (Fsp3) is 0.312. The Bertz CT molecular complexity index is 898. The van der Waals surface area contributed by atoms with Gasteiger partial charge in [0, 0.05) is 0 Å². The zero-order chi connectivity index (χ0) is 18.2. The standard InChI is InChI=1S/C16H15BrFNO5/c1-16(2,3)24-15(22)19-12(14(21)23-4)6-8-5-10(17)11(18)7-9(8)13(19)20/h5-7H,1-4H3. The van der Waals surface area contributed by atoms with Crippen molar-refractivity contribution in [2.75, 3.05) is 7.11 Å². The first-order valence-corrected chi connectivity index (χ1v) is 7.71. The number of esters is 1. The molecular weight excluding hydrogens is 385 g/mol. The summed E-state index contributed by atoms with van der Waals surface area (Å²) in [5, 5.41) is 0.225. The van der Waals surface area contributed by atoms with Crippen LogP contribution in [0, 0.1) is 5.82 Å². The molecule has 0 spiro atoms. The summed E-state index contributed by atoms with van der Waals surface area (Å²) in [5.74, 6) is -1.55. The van der Waals surface area contributed by atoms with Gasteiger partial charge in [-0.15, -0.1) is 0 Å². The fourth-order valence-corrected chi connectivity index (χ4v) is 2.41. The second kappa shape index (κ2) is 6.35.